The molecule has 1 heterocycles. The number of hydrogen-bond acceptors (Lipinski definition) is 8. The summed E-state index contributed by atoms with van der Waals surface area (Å²) in [5.41, 5.74) is 6.22. The van der Waals surface area contributed by atoms with Gasteiger partial charge in [-0.05, 0) is 30.6 Å². The van der Waals surface area contributed by atoms with E-state index in [0.29, 0.717) is 18.7 Å². The van der Waals surface area contributed by atoms with Crippen molar-refractivity contribution < 1.29 is 32.9 Å². The van der Waals surface area contributed by atoms with E-state index in [0.717, 1.165) is 6.42 Å². The number of nitrogens with zero attached hydrogens (tertiary/aromatic N) is 1. The van der Waals surface area contributed by atoms with Gasteiger partial charge in [0.15, 0.2) is 0 Å². The Hall–Kier alpha value is -1.92. The van der Waals surface area contributed by atoms with Crippen LogP contribution in [0.3, 0.4) is 0 Å². The van der Waals surface area contributed by atoms with Crippen molar-refractivity contribution in [2.45, 2.75) is 45.3 Å². The summed E-state index contributed by atoms with van der Waals surface area (Å²) < 4.78 is 38.5. The standard InChI is InChI=1S/C22H37N3O7S/c1-3-16(2)12-25(33(29,30)20-6-4-5-18(23)7-8-20)13-19(27)11-24-22(28)32-21-15-31-14-17(21)9-10-26/h4-5,7-8,16-17,19,21,26-27H,3,6,9-15,23H2,1-2H3,(H,24,28)/t16?,17-,19?,21?/m1/s1. The molecule has 0 bridgehead atoms. The van der Waals surface area contributed by atoms with Gasteiger partial charge in [-0.2, -0.15) is 4.31 Å². The molecule has 2 rings (SSSR count). The second-order valence-corrected chi connectivity index (χ2v) is 10.5. The number of aliphatic hydroxyl groups excluding tert-OH is 2. The van der Waals surface area contributed by atoms with Crippen LogP contribution in [0.1, 0.15) is 33.1 Å². The number of ether oxygens (including phenoxy) is 2. The molecule has 11 heteroatoms. The van der Waals surface area contributed by atoms with Crippen LogP contribution in [0.15, 0.2) is 34.9 Å². The summed E-state index contributed by atoms with van der Waals surface area (Å²) in [4.78, 5) is 12.3. The molecule has 0 spiro atoms. The molecule has 0 aromatic rings. The second kappa shape index (κ2) is 13.1. The molecule has 188 valence electrons. The van der Waals surface area contributed by atoms with Crippen molar-refractivity contribution in [3.8, 4) is 0 Å². The number of nitrogens with two attached hydrogens (primary N) is 1. The number of carbonyl (C=O) groups excluding carboxylic acids is 1. The maximum Gasteiger partial charge on any atom is 0.407 e. The van der Waals surface area contributed by atoms with Gasteiger partial charge >= 0.3 is 6.09 Å². The highest BCUT2D eigenvalue weighted by molar-refractivity contribution is 7.93. The highest BCUT2D eigenvalue weighted by atomic mass is 32.2. The lowest BCUT2D eigenvalue weighted by Crippen LogP contribution is -2.45. The summed E-state index contributed by atoms with van der Waals surface area (Å²) in [5.74, 6) is 0.00470. The van der Waals surface area contributed by atoms with Crippen LogP contribution in [-0.2, 0) is 19.5 Å². The molecule has 0 aromatic carbocycles. The maximum absolute atomic E-state index is 13.3. The Morgan fingerprint density at radius 1 is 1.36 bits per heavy atom. The molecule has 1 fully saturated rings. The molecule has 0 aromatic heterocycles. The summed E-state index contributed by atoms with van der Waals surface area (Å²) in [7, 11) is -3.84. The number of alkyl carbamates (subject to hydrolysis) is 1. The van der Waals surface area contributed by atoms with Gasteiger partial charge in [0.2, 0.25) is 10.0 Å². The lowest BCUT2D eigenvalue weighted by atomic mass is 10.0. The summed E-state index contributed by atoms with van der Waals surface area (Å²) in [6.45, 7) is 4.45. The highest BCUT2D eigenvalue weighted by Gasteiger charge is 2.32. The Morgan fingerprint density at radius 3 is 2.82 bits per heavy atom. The molecule has 0 radical (unpaired) electrons. The van der Waals surface area contributed by atoms with Gasteiger partial charge in [0, 0.05) is 44.3 Å². The van der Waals surface area contributed by atoms with Crippen LogP contribution in [0.2, 0.25) is 0 Å². The Kier molecular flexibility index (Phi) is 10.8. The summed E-state index contributed by atoms with van der Waals surface area (Å²) in [5, 5.41) is 22.1. The lowest BCUT2D eigenvalue weighted by molar-refractivity contribution is 0.0623. The minimum Gasteiger partial charge on any atom is -0.443 e. The van der Waals surface area contributed by atoms with Gasteiger partial charge in [-0.3, -0.25) is 0 Å². The van der Waals surface area contributed by atoms with E-state index < -0.39 is 28.3 Å². The average molecular weight is 488 g/mol. The average Bonchev–Trinajstić information content (AvgIpc) is 3.07. The van der Waals surface area contributed by atoms with Crippen molar-refractivity contribution in [2.24, 2.45) is 17.6 Å². The molecule has 10 nitrogen and oxygen atoms in total. The van der Waals surface area contributed by atoms with Gasteiger partial charge < -0.3 is 30.7 Å². The van der Waals surface area contributed by atoms with Crippen LogP contribution in [0.5, 0.6) is 0 Å². The monoisotopic (exact) mass is 487 g/mol. The van der Waals surface area contributed by atoms with Gasteiger partial charge in [-0.25, -0.2) is 13.2 Å². The van der Waals surface area contributed by atoms with Crippen molar-refractivity contribution in [1.29, 1.82) is 0 Å². The first-order valence-electron chi connectivity index (χ1n) is 11.3. The predicted molar refractivity (Wildman–Crippen MR) is 124 cm³/mol. The summed E-state index contributed by atoms with van der Waals surface area (Å²) in [6, 6.07) is 0. The van der Waals surface area contributed by atoms with Crippen LogP contribution in [0.4, 0.5) is 4.79 Å². The van der Waals surface area contributed by atoms with E-state index in [2.05, 4.69) is 5.32 Å². The molecule has 1 aliphatic heterocycles. The number of carbonyl (C=O) groups is 1. The molecule has 0 saturated carbocycles. The van der Waals surface area contributed by atoms with Crippen molar-refractivity contribution in [1.82, 2.24) is 9.62 Å². The molecule has 1 aliphatic carbocycles. The van der Waals surface area contributed by atoms with Crippen LogP contribution in [0.25, 0.3) is 0 Å². The number of hydrogen-bond donors (Lipinski definition) is 4. The highest BCUT2D eigenvalue weighted by Crippen LogP contribution is 2.23. The van der Waals surface area contributed by atoms with Crippen molar-refractivity contribution in [3.05, 3.63) is 34.9 Å². The third-order valence-electron chi connectivity index (χ3n) is 5.77. The SMILES string of the molecule is CCC(C)CN(CC(O)CNC(=O)OC1COC[C@H]1CCO)S(=O)(=O)C1=CC=C(N)C=CC1. The van der Waals surface area contributed by atoms with Crippen molar-refractivity contribution in [3.63, 3.8) is 0 Å². The fourth-order valence-corrected chi connectivity index (χ4v) is 5.25. The Balaban J connectivity index is 1.98. The Bertz CT molecular complexity index is 841. The number of sulfonamides is 1. The normalized spacial score (nSPS) is 22.9. The van der Waals surface area contributed by atoms with Gasteiger partial charge in [0.25, 0.3) is 0 Å². The van der Waals surface area contributed by atoms with E-state index in [9.17, 15) is 18.3 Å². The third kappa shape index (κ3) is 8.42. The zero-order valence-corrected chi connectivity index (χ0v) is 20.2. The zero-order valence-electron chi connectivity index (χ0n) is 19.4. The van der Waals surface area contributed by atoms with E-state index in [4.69, 9.17) is 20.3 Å². The predicted octanol–water partition coefficient (Wildman–Crippen LogP) is 0.835. The number of aliphatic hydroxyl groups is 2. The fraction of sp³-hybridized carbons (Fsp3) is 0.682. The Labute approximate surface area is 196 Å². The fourth-order valence-electron chi connectivity index (χ4n) is 3.55. The quantitative estimate of drug-likeness (QED) is 0.316. The smallest absolute Gasteiger partial charge is 0.407 e. The number of rotatable bonds is 12. The van der Waals surface area contributed by atoms with E-state index in [-0.39, 0.29) is 56.0 Å². The number of allylic oxidation sites excluding steroid dienone is 5. The number of nitrogens with one attached hydrogen (secondary N) is 1. The van der Waals surface area contributed by atoms with Crippen LogP contribution in [-0.4, -0.2) is 80.7 Å². The van der Waals surface area contributed by atoms with Crippen LogP contribution in [0, 0.1) is 11.8 Å². The first kappa shape index (κ1) is 27.3. The van der Waals surface area contributed by atoms with Crippen LogP contribution < -0.4 is 11.1 Å². The molecular weight excluding hydrogens is 450 g/mol. The van der Waals surface area contributed by atoms with E-state index >= 15 is 0 Å². The summed E-state index contributed by atoms with van der Waals surface area (Å²) >= 11 is 0. The van der Waals surface area contributed by atoms with Crippen LogP contribution >= 0.6 is 0 Å². The van der Waals surface area contributed by atoms with Gasteiger partial charge in [0.05, 0.1) is 24.2 Å². The van der Waals surface area contributed by atoms with E-state index in [1.807, 2.05) is 13.8 Å². The van der Waals surface area contributed by atoms with E-state index in [1.54, 1.807) is 18.2 Å². The third-order valence-corrected chi connectivity index (χ3v) is 7.71. The second-order valence-electron chi connectivity index (χ2n) is 8.53. The molecule has 33 heavy (non-hydrogen) atoms. The molecule has 4 atom stereocenters. The van der Waals surface area contributed by atoms with Gasteiger partial charge in [-0.15, -0.1) is 0 Å². The largest absolute Gasteiger partial charge is 0.443 e. The Morgan fingerprint density at radius 2 is 2.12 bits per heavy atom. The number of amides is 1. The minimum absolute atomic E-state index is 0.0245. The minimum atomic E-state index is -3.84. The molecule has 1 amide bonds. The summed E-state index contributed by atoms with van der Waals surface area (Å²) in [6.07, 6.45) is 5.50. The topological polar surface area (TPSA) is 151 Å². The zero-order chi connectivity index (χ0) is 24.4. The first-order chi connectivity index (χ1) is 15.7. The molecule has 1 saturated heterocycles. The van der Waals surface area contributed by atoms with E-state index in [1.165, 1.54) is 10.4 Å². The molecular formula is C22H37N3O7S. The first-order valence-corrected chi connectivity index (χ1v) is 12.8. The van der Waals surface area contributed by atoms with Gasteiger partial charge in [0.1, 0.15) is 6.10 Å². The molecule has 3 unspecified atom stereocenters. The van der Waals surface area contributed by atoms with Gasteiger partial charge in [-0.1, -0.05) is 26.3 Å². The maximum atomic E-state index is 13.3. The molecule has 5 N–H and O–H groups in total. The van der Waals surface area contributed by atoms with Crippen molar-refractivity contribution >= 4 is 16.1 Å². The molecule has 2 aliphatic rings. The van der Waals surface area contributed by atoms with Crippen molar-refractivity contribution in [2.75, 3.05) is 39.5 Å². The lowest BCUT2D eigenvalue weighted by Gasteiger charge is -2.28.